The van der Waals surface area contributed by atoms with E-state index in [-0.39, 0.29) is 14.9 Å². The van der Waals surface area contributed by atoms with Crippen LogP contribution in [0.25, 0.3) is 0 Å². The van der Waals surface area contributed by atoms with E-state index >= 15 is 0 Å². The van der Waals surface area contributed by atoms with Crippen LogP contribution in [0, 0.1) is 0 Å². The summed E-state index contributed by atoms with van der Waals surface area (Å²) in [6, 6.07) is 2.75. The zero-order valence-corrected chi connectivity index (χ0v) is 12.9. The molecule has 4 nitrogen and oxygen atoms in total. The van der Waals surface area contributed by atoms with Gasteiger partial charge in [-0.3, -0.25) is 0 Å². The summed E-state index contributed by atoms with van der Waals surface area (Å²) in [5.41, 5.74) is 5.88. The van der Waals surface area contributed by atoms with Gasteiger partial charge in [0.05, 0.1) is 10.0 Å². The van der Waals surface area contributed by atoms with Crippen LogP contribution in [0.3, 0.4) is 0 Å². The maximum absolute atomic E-state index is 12.4. The molecule has 1 rings (SSSR count). The van der Waals surface area contributed by atoms with E-state index in [0.717, 1.165) is 6.42 Å². The van der Waals surface area contributed by atoms with Gasteiger partial charge in [-0.05, 0) is 25.0 Å². The number of rotatable bonds is 6. The van der Waals surface area contributed by atoms with Crippen LogP contribution in [-0.4, -0.2) is 26.3 Å². The molecule has 0 saturated heterocycles. The fourth-order valence-electron chi connectivity index (χ4n) is 1.56. The lowest BCUT2D eigenvalue weighted by molar-refractivity contribution is 0.463. The lowest BCUT2D eigenvalue weighted by Gasteiger charge is -2.18. The molecule has 19 heavy (non-hydrogen) atoms. The molecule has 0 atom stereocenters. The van der Waals surface area contributed by atoms with Crippen molar-refractivity contribution in [3.63, 3.8) is 0 Å². The minimum Gasteiger partial charge on any atom is -0.399 e. The van der Waals surface area contributed by atoms with Gasteiger partial charge in [-0.1, -0.05) is 29.3 Å². The molecule has 0 bridgehead atoms. The SMILES string of the molecule is C=CCCCN(C)S(=O)(=O)c1c(Cl)cc(N)cc1Cl. The molecule has 0 aromatic heterocycles. The van der Waals surface area contributed by atoms with E-state index in [1.54, 1.807) is 6.08 Å². The molecule has 0 spiro atoms. The maximum atomic E-state index is 12.4. The van der Waals surface area contributed by atoms with Gasteiger partial charge < -0.3 is 5.73 Å². The van der Waals surface area contributed by atoms with Crippen molar-refractivity contribution in [1.29, 1.82) is 0 Å². The van der Waals surface area contributed by atoms with Crippen molar-refractivity contribution in [2.45, 2.75) is 17.7 Å². The molecular formula is C12H16Cl2N2O2S. The van der Waals surface area contributed by atoms with E-state index in [1.807, 2.05) is 0 Å². The van der Waals surface area contributed by atoms with Gasteiger partial charge in [0, 0.05) is 19.3 Å². The summed E-state index contributed by atoms with van der Waals surface area (Å²) in [5, 5.41) is 0.0566. The fraction of sp³-hybridized carbons (Fsp3) is 0.333. The number of nitrogens with zero attached hydrogens (tertiary/aromatic N) is 1. The van der Waals surface area contributed by atoms with E-state index in [1.165, 1.54) is 23.5 Å². The summed E-state index contributed by atoms with van der Waals surface area (Å²) in [6.45, 7) is 3.96. The van der Waals surface area contributed by atoms with E-state index in [9.17, 15) is 8.42 Å². The summed E-state index contributed by atoms with van der Waals surface area (Å²) < 4.78 is 26.0. The summed E-state index contributed by atoms with van der Waals surface area (Å²) in [5.74, 6) is 0. The first-order chi connectivity index (χ1) is 8.80. The number of anilines is 1. The molecule has 1 aromatic rings. The maximum Gasteiger partial charge on any atom is 0.245 e. The standard InChI is InChI=1S/C12H16Cl2N2O2S/c1-3-4-5-6-16(2)19(17,18)12-10(13)7-9(15)8-11(12)14/h3,7-8H,1,4-6,15H2,2H3. The number of allylic oxidation sites excluding steroid dienone is 1. The van der Waals surface area contributed by atoms with Gasteiger partial charge in [0.2, 0.25) is 10.0 Å². The topological polar surface area (TPSA) is 63.4 Å². The zero-order valence-electron chi connectivity index (χ0n) is 10.6. The molecule has 106 valence electrons. The fourth-order valence-corrected chi connectivity index (χ4v) is 3.94. The Morgan fingerprint density at radius 1 is 1.37 bits per heavy atom. The minimum absolute atomic E-state index is 0.0283. The lowest BCUT2D eigenvalue weighted by atomic mass is 10.3. The van der Waals surface area contributed by atoms with Crippen LogP contribution in [0.4, 0.5) is 5.69 Å². The van der Waals surface area contributed by atoms with E-state index in [0.29, 0.717) is 18.7 Å². The van der Waals surface area contributed by atoms with Crippen molar-refractivity contribution < 1.29 is 8.42 Å². The Kier molecular flexibility index (Phi) is 5.67. The van der Waals surface area contributed by atoms with E-state index in [2.05, 4.69) is 6.58 Å². The minimum atomic E-state index is -3.72. The first-order valence-electron chi connectivity index (χ1n) is 5.62. The summed E-state index contributed by atoms with van der Waals surface area (Å²) >= 11 is 11.9. The van der Waals surface area contributed by atoms with E-state index in [4.69, 9.17) is 28.9 Å². The Hall–Kier alpha value is -0.750. The van der Waals surface area contributed by atoms with Gasteiger partial charge in [0.25, 0.3) is 0 Å². The number of nitrogen functional groups attached to an aromatic ring is 1. The Balaban J connectivity index is 3.10. The Morgan fingerprint density at radius 2 is 1.89 bits per heavy atom. The van der Waals surface area contributed by atoms with Crippen molar-refractivity contribution >= 4 is 38.9 Å². The van der Waals surface area contributed by atoms with Crippen LogP contribution >= 0.6 is 23.2 Å². The average Bonchev–Trinajstić information content (AvgIpc) is 2.27. The third kappa shape index (κ3) is 3.86. The number of hydrogen-bond donors (Lipinski definition) is 1. The van der Waals surface area contributed by atoms with Gasteiger partial charge in [-0.2, -0.15) is 0 Å². The van der Waals surface area contributed by atoms with Crippen LogP contribution < -0.4 is 5.73 Å². The molecule has 0 aliphatic rings. The van der Waals surface area contributed by atoms with E-state index < -0.39 is 10.0 Å². The smallest absolute Gasteiger partial charge is 0.245 e. The molecule has 0 saturated carbocycles. The highest BCUT2D eigenvalue weighted by Crippen LogP contribution is 2.33. The number of halogens is 2. The molecule has 0 fully saturated rings. The monoisotopic (exact) mass is 322 g/mol. The molecular weight excluding hydrogens is 307 g/mol. The summed E-state index contributed by atoms with van der Waals surface area (Å²) in [6.07, 6.45) is 3.16. The second-order valence-electron chi connectivity index (χ2n) is 4.07. The molecule has 0 heterocycles. The van der Waals surface area contributed by atoms with Gasteiger partial charge in [-0.25, -0.2) is 12.7 Å². The summed E-state index contributed by atoms with van der Waals surface area (Å²) in [4.78, 5) is -0.105. The summed E-state index contributed by atoms with van der Waals surface area (Å²) in [7, 11) is -2.23. The predicted octanol–water partition coefficient (Wildman–Crippen LogP) is 3.16. The van der Waals surface area contributed by atoms with Gasteiger partial charge in [0.15, 0.2) is 0 Å². The molecule has 0 aliphatic heterocycles. The quantitative estimate of drug-likeness (QED) is 0.497. The van der Waals surface area contributed by atoms with Crippen molar-refractivity contribution in [2.24, 2.45) is 0 Å². The van der Waals surface area contributed by atoms with Crippen LogP contribution in [-0.2, 0) is 10.0 Å². The number of hydrogen-bond acceptors (Lipinski definition) is 3. The molecule has 0 aliphatic carbocycles. The highest BCUT2D eigenvalue weighted by molar-refractivity contribution is 7.89. The Labute approximate surface area is 123 Å². The second-order valence-corrected chi connectivity index (χ2v) is 6.87. The van der Waals surface area contributed by atoms with Crippen LogP contribution in [0.15, 0.2) is 29.7 Å². The molecule has 7 heteroatoms. The molecule has 0 radical (unpaired) electrons. The first kappa shape index (κ1) is 16.3. The zero-order chi connectivity index (χ0) is 14.6. The third-order valence-electron chi connectivity index (χ3n) is 2.57. The highest BCUT2D eigenvalue weighted by Gasteiger charge is 2.26. The molecule has 0 unspecified atom stereocenters. The van der Waals surface area contributed by atoms with Gasteiger partial charge >= 0.3 is 0 Å². The van der Waals surface area contributed by atoms with Crippen LogP contribution in [0.2, 0.25) is 10.0 Å². The van der Waals surface area contributed by atoms with Gasteiger partial charge in [-0.15, -0.1) is 6.58 Å². The van der Waals surface area contributed by atoms with Crippen LogP contribution in [0.5, 0.6) is 0 Å². The Morgan fingerprint density at radius 3 is 2.37 bits per heavy atom. The molecule has 0 amide bonds. The predicted molar refractivity (Wildman–Crippen MR) is 80.1 cm³/mol. The number of benzene rings is 1. The Bertz CT molecular complexity index is 550. The lowest BCUT2D eigenvalue weighted by Crippen LogP contribution is -2.28. The van der Waals surface area contributed by atoms with Crippen molar-refractivity contribution in [3.05, 3.63) is 34.8 Å². The second kappa shape index (κ2) is 6.61. The molecule has 2 N–H and O–H groups in total. The van der Waals surface area contributed by atoms with Crippen molar-refractivity contribution in [3.8, 4) is 0 Å². The highest BCUT2D eigenvalue weighted by atomic mass is 35.5. The first-order valence-corrected chi connectivity index (χ1v) is 7.82. The van der Waals surface area contributed by atoms with Crippen molar-refractivity contribution in [1.82, 2.24) is 4.31 Å². The van der Waals surface area contributed by atoms with Crippen LogP contribution in [0.1, 0.15) is 12.8 Å². The normalized spacial score (nSPS) is 11.8. The van der Waals surface area contributed by atoms with Gasteiger partial charge in [0.1, 0.15) is 4.90 Å². The number of sulfonamides is 1. The number of unbranched alkanes of at least 4 members (excludes halogenated alkanes) is 1. The third-order valence-corrected chi connectivity index (χ3v) is 5.35. The number of nitrogens with two attached hydrogens (primary N) is 1. The average molecular weight is 323 g/mol. The van der Waals surface area contributed by atoms with Crippen molar-refractivity contribution in [2.75, 3.05) is 19.3 Å². The molecule has 1 aromatic carbocycles. The largest absolute Gasteiger partial charge is 0.399 e.